The maximum absolute atomic E-state index is 12.2. The molecule has 1 aromatic carbocycles. The maximum Gasteiger partial charge on any atom is 0.184 e. The molecule has 0 radical (unpaired) electrons. The molecule has 16 heavy (non-hydrogen) atoms. The summed E-state index contributed by atoms with van der Waals surface area (Å²) in [6, 6.07) is 7.76. The third kappa shape index (κ3) is 1.32. The highest BCUT2D eigenvalue weighted by molar-refractivity contribution is 6.13. The Balaban J connectivity index is 2.20. The molecule has 2 aromatic rings. The highest BCUT2D eigenvalue weighted by Gasteiger charge is 2.46. The first-order valence-corrected chi connectivity index (χ1v) is 5.37. The lowest BCUT2D eigenvalue weighted by molar-refractivity contribution is 0.0950. The van der Waals surface area contributed by atoms with E-state index in [4.69, 9.17) is 5.73 Å². The number of nitrogens with zero attached hydrogens (tertiary/aromatic N) is 1. The number of carbonyl (C=O) groups excluding carboxylic acids is 1. The lowest BCUT2D eigenvalue weighted by Crippen LogP contribution is -2.32. The minimum absolute atomic E-state index is 0.0248. The molecule has 1 aliphatic rings. The van der Waals surface area contributed by atoms with E-state index in [1.807, 2.05) is 24.3 Å². The molecule has 0 unspecified atom stereocenters. The largest absolute Gasteiger partial charge is 0.319 e. The van der Waals surface area contributed by atoms with Crippen LogP contribution in [-0.2, 0) is 0 Å². The van der Waals surface area contributed by atoms with Crippen LogP contribution < -0.4 is 5.73 Å². The van der Waals surface area contributed by atoms with E-state index >= 15 is 0 Å². The highest BCUT2D eigenvalue weighted by Crippen LogP contribution is 2.36. The van der Waals surface area contributed by atoms with Gasteiger partial charge in [-0.05, 0) is 18.2 Å². The van der Waals surface area contributed by atoms with E-state index in [1.165, 1.54) is 0 Å². The van der Waals surface area contributed by atoms with E-state index in [0.29, 0.717) is 5.56 Å². The third-order valence-electron chi connectivity index (χ3n) is 3.15. The standard InChI is InChI=1S/C13H12N2O/c14-13(5-6-13)12(16)11-8-15-7-9-3-1-2-4-10(9)11/h1-4,7-8H,5-6,14H2. The molecule has 2 N–H and O–H groups in total. The number of rotatable bonds is 2. The molecule has 1 fully saturated rings. The average Bonchev–Trinajstić information content (AvgIpc) is 3.07. The first kappa shape index (κ1) is 9.48. The second kappa shape index (κ2) is 3.12. The molecule has 0 aliphatic heterocycles. The summed E-state index contributed by atoms with van der Waals surface area (Å²) in [4.78, 5) is 16.3. The van der Waals surface area contributed by atoms with E-state index in [1.54, 1.807) is 12.4 Å². The molecule has 0 atom stereocenters. The van der Waals surface area contributed by atoms with Crippen LogP contribution in [0.3, 0.4) is 0 Å². The lowest BCUT2D eigenvalue weighted by Gasteiger charge is -2.09. The Morgan fingerprint density at radius 1 is 1.25 bits per heavy atom. The smallest absolute Gasteiger partial charge is 0.184 e. The van der Waals surface area contributed by atoms with Crippen LogP contribution in [0.2, 0.25) is 0 Å². The second-order valence-electron chi connectivity index (χ2n) is 4.39. The number of hydrogen-bond donors (Lipinski definition) is 1. The van der Waals surface area contributed by atoms with Crippen LogP contribution in [0.5, 0.6) is 0 Å². The summed E-state index contributed by atoms with van der Waals surface area (Å²) in [5.41, 5.74) is 5.97. The molecule has 1 aromatic heterocycles. The van der Waals surface area contributed by atoms with E-state index in [-0.39, 0.29) is 5.78 Å². The predicted molar refractivity (Wildman–Crippen MR) is 62.2 cm³/mol. The van der Waals surface area contributed by atoms with Crippen molar-refractivity contribution in [2.75, 3.05) is 0 Å². The zero-order chi connectivity index (χ0) is 11.2. The maximum atomic E-state index is 12.2. The summed E-state index contributed by atoms with van der Waals surface area (Å²) in [6.45, 7) is 0. The normalized spacial score (nSPS) is 17.3. The van der Waals surface area contributed by atoms with E-state index in [2.05, 4.69) is 4.98 Å². The number of aromatic nitrogens is 1. The molecule has 0 bridgehead atoms. The Morgan fingerprint density at radius 2 is 2.00 bits per heavy atom. The first-order valence-electron chi connectivity index (χ1n) is 5.37. The molecule has 3 heteroatoms. The highest BCUT2D eigenvalue weighted by atomic mass is 16.1. The minimum atomic E-state index is -0.619. The molecule has 1 aliphatic carbocycles. The predicted octanol–water partition coefficient (Wildman–Crippen LogP) is 1.91. The fraction of sp³-hybridized carbons (Fsp3) is 0.231. The van der Waals surface area contributed by atoms with E-state index in [0.717, 1.165) is 23.6 Å². The van der Waals surface area contributed by atoms with Gasteiger partial charge in [-0.1, -0.05) is 24.3 Å². The second-order valence-corrected chi connectivity index (χ2v) is 4.39. The van der Waals surface area contributed by atoms with Crippen molar-refractivity contribution in [1.82, 2.24) is 4.98 Å². The number of pyridine rings is 1. The Hall–Kier alpha value is -1.74. The number of Topliss-reactive ketones (excluding diaryl/α,β-unsaturated/α-hetero) is 1. The van der Waals surface area contributed by atoms with Crippen molar-refractivity contribution in [1.29, 1.82) is 0 Å². The van der Waals surface area contributed by atoms with E-state index in [9.17, 15) is 4.79 Å². The third-order valence-corrected chi connectivity index (χ3v) is 3.15. The topological polar surface area (TPSA) is 56.0 Å². The van der Waals surface area contributed by atoms with Gasteiger partial charge in [0.25, 0.3) is 0 Å². The molecule has 0 saturated heterocycles. The summed E-state index contributed by atoms with van der Waals surface area (Å²) < 4.78 is 0. The minimum Gasteiger partial charge on any atom is -0.319 e. The van der Waals surface area contributed by atoms with Gasteiger partial charge in [-0.3, -0.25) is 9.78 Å². The van der Waals surface area contributed by atoms with Gasteiger partial charge in [0.05, 0.1) is 5.54 Å². The summed E-state index contributed by atoms with van der Waals surface area (Å²) >= 11 is 0. The fourth-order valence-corrected chi connectivity index (χ4v) is 1.93. The van der Waals surface area contributed by atoms with Crippen LogP contribution in [0.15, 0.2) is 36.7 Å². The van der Waals surface area contributed by atoms with Crippen LogP contribution in [0.4, 0.5) is 0 Å². The van der Waals surface area contributed by atoms with Gasteiger partial charge in [0.1, 0.15) is 0 Å². The number of carbonyl (C=O) groups is 1. The molecule has 1 heterocycles. The quantitative estimate of drug-likeness (QED) is 0.773. The Kier molecular flexibility index (Phi) is 1.85. The average molecular weight is 212 g/mol. The van der Waals surface area contributed by atoms with E-state index < -0.39 is 5.54 Å². The molecular formula is C13H12N2O. The number of benzene rings is 1. The number of fused-ring (bicyclic) bond motifs is 1. The van der Waals surface area contributed by atoms with Gasteiger partial charge in [-0.2, -0.15) is 0 Å². The van der Waals surface area contributed by atoms with Gasteiger partial charge in [0.15, 0.2) is 5.78 Å². The molecule has 1 saturated carbocycles. The van der Waals surface area contributed by atoms with Crippen LogP contribution in [-0.4, -0.2) is 16.3 Å². The van der Waals surface area contributed by atoms with Crippen molar-refractivity contribution in [2.45, 2.75) is 18.4 Å². The first-order chi connectivity index (χ1) is 7.71. The van der Waals surface area contributed by atoms with Gasteiger partial charge in [-0.15, -0.1) is 0 Å². The van der Waals surface area contributed by atoms with Crippen molar-refractivity contribution in [3.63, 3.8) is 0 Å². The van der Waals surface area contributed by atoms with Gasteiger partial charge in [0.2, 0.25) is 0 Å². The summed E-state index contributed by atoms with van der Waals surface area (Å²) in [5.74, 6) is 0.0248. The Bertz CT molecular complexity index is 568. The molecule has 0 spiro atoms. The molecule has 3 nitrogen and oxygen atoms in total. The van der Waals surface area contributed by atoms with Crippen molar-refractivity contribution in [3.8, 4) is 0 Å². The molecule has 3 rings (SSSR count). The summed E-state index contributed by atoms with van der Waals surface area (Å²) in [7, 11) is 0. The molecular weight excluding hydrogens is 200 g/mol. The summed E-state index contributed by atoms with van der Waals surface area (Å²) in [6.07, 6.45) is 4.96. The molecule has 80 valence electrons. The van der Waals surface area contributed by atoms with Gasteiger partial charge in [-0.25, -0.2) is 0 Å². The van der Waals surface area contributed by atoms with Crippen molar-refractivity contribution in [3.05, 3.63) is 42.2 Å². The van der Waals surface area contributed by atoms with Gasteiger partial charge >= 0.3 is 0 Å². The van der Waals surface area contributed by atoms with Crippen LogP contribution in [0, 0.1) is 0 Å². The summed E-state index contributed by atoms with van der Waals surface area (Å²) in [5, 5.41) is 1.93. The number of hydrogen-bond acceptors (Lipinski definition) is 3. The Morgan fingerprint density at radius 3 is 2.75 bits per heavy atom. The fourth-order valence-electron chi connectivity index (χ4n) is 1.93. The zero-order valence-electron chi connectivity index (χ0n) is 8.81. The van der Waals surface area contributed by atoms with Crippen molar-refractivity contribution in [2.24, 2.45) is 5.73 Å². The van der Waals surface area contributed by atoms with Crippen LogP contribution in [0.25, 0.3) is 10.8 Å². The number of ketones is 1. The van der Waals surface area contributed by atoms with Crippen molar-refractivity contribution < 1.29 is 4.79 Å². The number of nitrogens with two attached hydrogens (primary N) is 1. The Labute approximate surface area is 93.3 Å². The van der Waals surface area contributed by atoms with Gasteiger partial charge < -0.3 is 5.73 Å². The zero-order valence-corrected chi connectivity index (χ0v) is 8.81. The van der Waals surface area contributed by atoms with Crippen LogP contribution >= 0.6 is 0 Å². The van der Waals surface area contributed by atoms with Crippen molar-refractivity contribution >= 4 is 16.6 Å². The SMILES string of the molecule is NC1(C(=O)c2cncc3ccccc23)CC1. The lowest BCUT2D eigenvalue weighted by atomic mass is 9.99. The van der Waals surface area contributed by atoms with Gasteiger partial charge in [0, 0.05) is 23.3 Å². The molecule has 0 amide bonds. The van der Waals surface area contributed by atoms with Crippen LogP contribution in [0.1, 0.15) is 23.2 Å². The monoisotopic (exact) mass is 212 g/mol.